The molecule has 5 nitrogen and oxygen atoms in total. The van der Waals surface area contributed by atoms with Gasteiger partial charge in [-0.25, -0.2) is 8.78 Å². The molecule has 0 spiro atoms. The molecule has 1 N–H and O–H groups in total. The molecule has 150 valence electrons. The molecule has 0 aliphatic carbocycles. The summed E-state index contributed by atoms with van der Waals surface area (Å²) in [6.07, 6.45) is 3.09. The molecular weight excluding hydrogens is 362 g/mol. The topological polar surface area (TPSA) is 52.2 Å². The summed E-state index contributed by atoms with van der Waals surface area (Å²) in [5.41, 5.74) is 1.80. The summed E-state index contributed by atoms with van der Waals surface area (Å²) in [5, 5.41) is 6.91. The molecule has 2 saturated heterocycles. The van der Waals surface area contributed by atoms with Crippen molar-refractivity contribution in [2.75, 3.05) is 26.2 Å². The van der Waals surface area contributed by atoms with E-state index in [9.17, 15) is 13.6 Å². The minimum Gasteiger partial charge on any atom is -0.337 e. The van der Waals surface area contributed by atoms with Gasteiger partial charge in [0.1, 0.15) is 5.69 Å². The van der Waals surface area contributed by atoms with Gasteiger partial charge in [-0.3, -0.25) is 14.8 Å². The average molecular weight is 388 g/mol. The number of H-pyrrole nitrogens is 1. The first-order valence-corrected chi connectivity index (χ1v) is 9.98. The molecule has 1 aromatic carbocycles. The van der Waals surface area contributed by atoms with Crippen molar-refractivity contribution in [2.24, 2.45) is 11.8 Å². The Hall–Kier alpha value is -2.28. The number of nitrogens with zero attached hydrogens (tertiary/aromatic N) is 3. The van der Waals surface area contributed by atoms with Crippen molar-refractivity contribution >= 4 is 5.91 Å². The zero-order valence-corrected chi connectivity index (χ0v) is 16.1. The molecule has 0 bridgehead atoms. The first-order valence-electron chi connectivity index (χ1n) is 9.98. The highest BCUT2D eigenvalue weighted by atomic mass is 19.2. The highest BCUT2D eigenvalue weighted by Gasteiger charge is 2.34. The van der Waals surface area contributed by atoms with Crippen LogP contribution >= 0.6 is 0 Å². The molecule has 2 aromatic rings. The van der Waals surface area contributed by atoms with Crippen LogP contribution in [0.2, 0.25) is 0 Å². The largest absolute Gasteiger partial charge is 0.337 e. The number of benzene rings is 1. The van der Waals surface area contributed by atoms with Gasteiger partial charge < -0.3 is 4.90 Å². The van der Waals surface area contributed by atoms with E-state index < -0.39 is 11.6 Å². The Morgan fingerprint density at radius 1 is 1.18 bits per heavy atom. The second kappa shape index (κ2) is 7.99. The average Bonchev–Trinajstić information content (AvgIpc) is 3.35. The summed E-state index contributed by atoms with van der Waals surface area (Å²) in [6, 6.07) is 6.16. The fourth-order valence-electron chi connectivity index (χ4n) is 4.54. The maximum absolute atomic E-state index is 13.9. The van der Waals surface area contributed by atoms with Gasteiger partial charge in [-0.15, -0.1) is 0 Å². The van der Waals surface area contributed by atoms with Crippen LogP contribution in [0, 0.1) is 30.4 Å². The predicted octanol–water partition coefficient (Wildman–Crippen LogP) is 3.37. The van der Waals surface area contributed by atoms with Crippen LogP contribution < -0.4 is 0 Å². The van der Waals surface area contributed by atoms with Crippen LogP contribution in [-0.2, 0) is 6.54 Å². The smallest absolute Gasteiger partial charge is 0.274 e. The molecule has 0 radical (unpaired) electrons. The van der Waals surface area contributed by atoms with Gasteiger partial charge in [-0.2, -0.15) is 5.10 Å². The highest BCUT2D eigenvalue weighted by Crippen LogP contribution is 2.33. The Balaban J connectivity index is 1.28. The van der Waals surface area contributed by atoms with Crippen LogP contribution in [0.25, 0.3) is 0 Å². The molecule has 2 aliphatic rings. The molecule has 1 amide bonds. The Labute approximate surface area is 163 Å². The minimum absolute atomic E-state index is 0.00543. The number of hydrogen-bond donors (Lipinski definition) is 1. The fourth-order valence-corrected chi connectivity index (χ4v) is 4.54. The van der Waals surface area contributed by atoms with Crippen LogP contribution in [0.3, 0.4) is 0 Å². The molecule has 7 heteroatoms. The molecule has 0 saturated carbocycles. The molecule has 2 fully saturated rings. The Kier molecular flexibility index (Phi) is 5.44. The van der Waals surface area contributed by atoms with Gasteiger partial charge in [0.05, 0.1) is 0 Å². The number of carbonyl (C=O) groups is 1. The van der Waals surface area contributed by atoms with Crippen molar-refractivity contribution < 1.29 is 13.6 Å². The Bertz CT molecular complexity index is 845. The maximum Gasteiger partial charge on any atom is 0.274 e. The molecule has 1 atom stereocenters. The second-order valence-corrected chi connectivity index (χ2v) is 8.06. The lowest BCUT2D eigenvalue weighted by Crippen LogP contribution is -2.37. The molecule has 3 heterocycles. The third-order valence-corrected chi connectivity index (χ3v) is 6.16. The molecule has 1 unspecified atom stereocenters. The number of hydrogen-bond acceptors (Lipinski definition) is 3. The second-order valence-electron chi connectivity index (χ2n) is 8.06. The van der Waals surface area contributed by atoms with E-state index in [1.807, 2.05) is 11.8 Å². The lowest BCUT2D eigenvalue weighted by molar-refractivity contribution is 0.0767. The minimum atomic E-state index is -0.782. The van der Waals surface area contributed by atoms with E-state index in [2.05, 4.69) is 15.1 Å². The lowest BCUT2D eigenvalue weighted by Gasteiger charge is -2.34. The molecule has 4 rings (SSSR count). The Morgan fingerprint density at radius 3 is 2.64 bits per heavy atom. The monoisotopic (exact) mass is 388 g/mol. The van der Waals surface area contributed by atoms with E-state index in [-0.39, 0.29) is 5.91 Å². The van der Waals surface area contributed by atoms with E-state index in [1.54, 1.807) is 18.2 Å². The Morgan fingerprint density at radius 2 is 1.93 bits per heavy atom. The summed E-state index contributed by atoms with van der Waals surface area (Å²) < 4.78 is 27.3. The first-order chi connectivity index (χ1) is 13.5. The van der Waals surface area contributed by atoms with Crippen molar-refractivity contribution in [1.82, 2.24) is 20.0 Å². The molecular formula is C21H26F2N4O. The quantitative estimate of drug-likeness (QED) is 0.874. The highest BCUT2D eigenvalue weighted by molar-refractivity contribution is 5.92. The normalized spacial score (nSPS) is 21.4. The van der Waals surface area contributed by atoms with E-state index in [0.717, 1.165) is 57.2 Å². The number of aryl methyl sites for hydroxylation is 1. The summed E-state index contributed by atoms with van der Waals surface area (Å²) in [5.74, 6) is -0.423. The number of halogens is 2. The number of aromatic nitrogens is 2. The van der Waals surface area contributed by atoms with Gasteiger partial charge in [0.2, 0.25) is 0 Å². The third kappa shape index (κ3) is 3.94. The summed E-state index contributed by atoms with van der Waals surface area (Å²) >= 11 is 0. The zero-order valence-electron chi connectivity index (χ0n) is 16.1. The number of nitrogens with one attached hydrogen (secondary N) is 1. The maximum atomic E-state index is 13.9. The van der Waals surface area contributed by atoms with Gasteiger partial charge in [0.25, 0.3) is 5.91 Å². The number of piperidine rings is 1. The zero-order chi connectivity index (χ0) is 19.7. The number of likely N-dealkylation sites (tertiary alicyclic amines) is 2. The molecule has 28 heavy (non-hydrogen) atoms. The van der Waals surface area contributed by atoms with Crippen LogP contribution in [0.5, 0.6) is 0 Å². The van der Waals surface area contributed by atoms with Crippen molar-refractivity contribution in [1.29, 1.82) is 0 Å². The number of rotatable bonds is 4. The van der Waals surface area contributed by atoms with Crippen LogP contribution in [-0.4, -0.2) is 52.1 Å². The van der Waals surface area contributed by atoms with Crippen LogP contribution in [0.15, 0.2) is 24.3 Å². The first kappa shape index (κ1) is 19.1. The van der Waals surface area contributed by atoms with Gasteiger partial charge in [-0.1, -0.05) is 12.1 Å². The molecule has 2 aliphatic heterocycles. The van der Waals surface area contributed by atoms with Gasteiger partial charge in [0, 0.05) is 30.9 Å². The van der Waals surface area contributed by atoms with Gasteiger partial charge in [-0.05, 0) is 63.2 Å². The van der Waals surface area contributed by atoms with E-state index >= 15 is 0 Å². The van der Waals surface area contributed by atoms with Gasteiger partial charge >= 0.3 is 0 Å². The van der Waals surface area contributed by atoms with E-state index in [4.69, 9.17) is 0 Å². The SMILES string of the molecule is Cc1cc(C(=O)N2CCC(C3CCN(Cc4cccc(F)c4F)CC3)C2)n[nH]1. The standard InChI is InChI=1S/C21H26F2N4O/c1-14-11-19(25-24-14)21(28)27-10-7-16(13-27)15-5-8-26(9-6-15)12-17-3-2-4-18(22)20(17)23/h2-4,11,15-16H,5-10,12-13H2,1H3,(H,24,25). The summed E-state index contributed by atoms with van der Waals surface area (Å²) in [7, 11) is 0. The van der Waals surface area contributed by atoms with Crippen molar-refractivity contribution in [3.05, 3.63) is 52.9 Å². The third-order valence-electron chi connectivity index (χ3n) is 6.16. The number of carbonyl (C=O) groups excluding carboxylic acids is 1. The fraction of sp³-hybridized carbons (Fsp3) is 0.524. The number of aromatic amines is 1. The van der Waals surface area contributed by atoms with Crippen LogP contribution in [0.4, 0.5) is 8.78 Å². The van der Waals surface area contributed by atoms with Crippen LogP contribution in [0.1, 0.15) is 41.0 Å². The van der Waals surface area contributed by atoms with Gasteiger partial charge in [0.15, 0.2) is 11.6 Å². The van der Waals surface area contributed by atoms with E-state index in [0.29, 0.717) is 29.6 Å². The summed E-state index contributed by atoms with van der Waals surface area (Å²) in [4.78, 5) is 16.7. The van der Waals surface area contributed by atoms with Crippen molar-refractivity contribution in [3.8, 4) is 0 Å². The molecule has 1 aromatic heterocycles. The summed E-state index contributed by atoms with van der Waals surface area (Å²) in [6.45, 7) is 5.66. The lowest BCUT2D eigenvalue weighted by atomic mass is 9.83. The predicted molar refractivity (Wildman–Crippen MR) is 102 cm³/mol. The van der Waals surface area contributed by atoms with Crippen molar-refractivity contribution in [2.45, 2.75) is 32.7 Å². The van der Waals surface area contributed by atoms with Crippen molar-refractivity contribution in [3.63, 3.8) is 0 Å². The van der Waals surface area contributed by atoms with E-state index in [1.165, 1.54) is 0 Å². The number of amides is 1.